The van der Waals surface area contributed by atoms with Crippen molar-refractivity contribution in [2.24, 2.45) is 0 Å². The van der Waals surface area contributed by atoms with Crippen molar-refractivity contribution >= 4 is 11.6 Å². The molecule has 0 aliphatic carbocycles. The van der Waals surface area contributed by atoms with Gasteiger partial charge >= 0.3 is 0 Å². The van der Waals surface area contributed by atoms with Gasteiger partial charge in [-0.25, -0.2) is 4.68 Å². The van der Waals surface area contributed by atoms with Gasteiger partial charge in [-0.05, 0) is 56.3 Å². The minimum Gasteiger partial charge on any atom is -0.322 e. The molecule has 0 spiro atoms. The molecule has 1 N–H and O–H groups in total. The van der Waals surface area contributed by atoms with Gasteiger partial charge in [0.05, 0.1) is 11.4 Å². The van der Waals surface area contributed by atoms with Gasteiger partial charge in [0.15, 0.2) is 0 Å². The Labute approximate surface area is 129 Å². The van der Waals surface area contributed by atoms with E-state index in [-0.39, 0.29) is 5.91 Å². The summed E-state index contributed by atoms with van der Waals surface area (Å²) in [5.41, 5.74) is 4.40. The minimum atomic E-state index is -0.119. The van der Waals surface area contributed by atoms with Crippen LogP contribution in [0.4, 0.5) is 5.69 Å². The maximum Gasteiger partial charge on any atom is 0.255 e. The number of para-hydroxylation sites is 1. The van der Waals surface area contributed by atoms with Crippen molar-refractivity contribution in [1.29, 1.82) is 0 Å². The Bertz CT molecular complexity index is 789. The van der Waals surface area contributed by atoms with Gasteiger partial charge in [-0.2, -0.15) is 5.10 Å². The summed E-state index contributed by atoms with van der Waals surface area (Å²) in [6, 6.07) is 18.9. The highest BCUT2D eigenvalue weighted by atomic mass is 16.1. The van der Waals surface area contributed by atoms with Gasteiger partial charge in [-0.3, -0.25) is 4.79 Å². The van der Waals surface area contributed by atoms with E-state index in [1.165, 1.54) is 0 Å². The third kappa shape index (κ3) is 2.91. The molecule has 0 aliphatic heterocycles. The van der Waals surface area contributed by atoms with E-state index in [4.69, 9.17) is 0 Å². The smallest absolute Gasteiger partial charge is 0.255 e. The monoisotopic (exact) mass is 291 g/mol. The summed E-state index contributed by atoms with van der Waals surface area (Å²) in [5, 5.41) is 7.31. The van der Waals surface area contributed by atoms with Gasteiger partial charge in [0, 0.05) is 16.9 Å². The molecule has 22 heavy (non-hydrogen) atoms. The largest absolute Gasteiger partial charge is 0.322 e. The highest BCUT2D eigenvalue weighted by Crippen LogP contribution is 2.14. The second-order valence-electron chi connectivity index (χ2n) is 5.21. The van der Waals surface area contributed by atoms with Crippen LogP contribution in [0.1, 0.15) is 21.7 Å². The molecule has 2 aromatic carbocycles. The number of nitrogens with one attached hydrogen (secondary N) is 1. The molecular formula is C18H17N3O. The molecule has 0 bridgehead atoms. The minimum absolute atomic E-state index is 0.119. The van der Waals surface area contributed by atoms with Crippen LogP contribution >= 0.6 is 0 Å². The Balaban J connectivity index is 1.79. The molecular weight excluding hydrogens is 274 g/mol. The quantitative estimate of drug-likeness (QED) is 0.799. The van der Waals surface area contributed by atoms with E-state index in [2.05, 4.69) is 10.4 Å². The molecule has 4 nitrogen and oxygen atoms in total. The number of hydrogen-bond donors (Lipinski definition) is 1. The standard InChI is InChI=1S/C18H17N3O/c1-13-12-14(2)21(20-13)17-10-8-15(9-11-17)18(22)19-16-6-4-3-5-7-16/h3-12H,1-2H3,(H,19,22). The summed E-state index contributed by atoms with van der Waals surface area (Å²) in [7, 11) is 0. The molecule has 110 valence electrons. The van der Waals surface area contributed by atoms with Crippen molar-refractivity contribution in [3.63, 3.8) is 0 Å². The van der Waals surface area contributed by atoms with Crippen LogP contribution in [0.2, 0.25) is 0 Å². The summed E-state index contributed by atoms with van der Waals surface area (Å²) in [5.74, 6) is -0.119. The molecule has 0 aliphatic rings. The number of anilines is 1. The second kappa shape index (κ2) is 5.85. The first-order valence-electron chi connectivity index (χ1n) is 7.13. The van der Waals surface area contributed by atoms with E-state index in [1.807, 2.05) is 79.2 Å². The summed E-state index contributed by atoms with van der Waals surface area (Å²) in [6.45, 7) is 3.97. The molecule has 0 saturated carbocycles. The number of aromatic nitrogens is 2. The van der Waals surface area contributed by atoms with Crippen LogP contribution in [-0.2, 0) is 0 Å². The van der Waals surface area contributed by atoms with Crippen molar-refractivity contribution < 1.29 is 4.79 Å². The lowest BCUT2D eigenvalue weighted by atomic mass is 10.2. The van der Waals surface area contributed by atoms with Gasteiger partial charge in [-0.15, -0.1) is 0 Å². The summed E-state index contributed by atoms with van der Waals surface area (Å²) in [4.78, 5) is 12.2. The molecule has 0 fully saturated rings. The first kappa shape index (κ1) is 14.1. The normalized spacial score (nSPS) is 10.5. The third-order valence-electron chi connectivity index (χ3n) is 3.42. The topological polar surface area (TPSA) is 46.9 Å². The Morgan fingerprint density at radius 3 is 2.27 bits per heavy atom. The Hall–Kier alpha value is -2.88. The first-order valence-corrected chi connectivity index (χ1v) is 7.13. The Morgan fingerprint density at radius 1 is 1.00 bits per heavy atom. The van der Waals surface area contributed by atoms with Crippen LogP contribution in [0, 0.1) is 13.8 Å². The van der Waals surface area contributed by atoms with Crippen LogP contribution in [-0.4, -0.2) is 15.7 Å². The van der Waals surface area contributed by atoms with Gasteiger partial charge < -0.3 is 5.32 Å². The average Bonchev–Trinajstić information content (AvgIpc) is 2.87. The molecule has 0 atom stereocenters. The van der Waals surface area contributed by atoms with Crippen LogP contribution < -0.4 is 5.32 Å². The molecule has 1 aromatic heterocycles. The molecule has 0 unspecified atom stereocenters. The zero-order valence-corrected chi connectivity index (χ0v) is 12.6. The Morgan fingerprint density at radius 2 is 1.68 bits per heavy atom. The fraction of sp³-hybridized carbons (Fsp3) is 0.111. The predicted molar refractivity (Wildman–Crippen MR) is 87.4 cm³/mol. The average molecular weight is 291 g/mol. The molecule has 3 aromatic rings. The van der Waals surface area contributed by atoms with E-state index in [9.17, 15) is 4.79 Å². The van der Waals surface area contributed by atoms with E-state index < -0.39 is 0 Å². The fourth-order valence-corrected chi connectivity index (χ4v) is 2.37. The molecule has 0 saturated heterocycles. The van der Waals surface area contributed by atoms with Gasteiger partial charge in [0.25, 0.3) is 5.91 Å². The van der Waals surface area contributed by atoms with Gasteiger partial charge in [-0.1, -0.05) is 18.2 Å². The van der Waals surface area contributed by atoms with E-state index >= 15 is 0 Å². The lowest BCUT2D eigenvalue weighted by molar-refractivity contribution is 0.102. The van der Waals surface area contributed by atoms with Crippen LogP contribution in [0.5, 0.6) is 0 Å². The Kier molecular flexibility index (Phi) is 3.74. The zero-order valence-electron chi connectivity index (χ0n) is 12.6. The second-order valence-corrected chi connectivity index (χ2v) is 5.21. The maximum absolute atomic E-state index is 12.2. The van der Waals surface area contributed by atoms with Crippen molar-refractivity contribution in [3.8, 4) is 5.69 Å². The van der Waals surface area contributed by atoms with Crippen LogP contribution in [0.15, 0.2) is 60.7 Å². The van der Waals surface area contributed by atoms with Crippen molar-refractivity contribution in [2.45, 2.75) is 13.8 Å². The molecule has 0 radical (unpaired) electrons. The lowest BCUT2D eigenvalue weighted by Crippen LogP contribution is -2.11. The third-order valence-corrected chi connectivity index (χ3v) is 3.42. The van der Waals surface area contributed by atoms with E-state index in [0.29, 0.717) is 5.56 Å². The highest BCUT2D eigenvalue weighted by Gasteiger charge is 2.08. The van der Waals surface area contributed by atoms with Gasteiger partial charge in [0.1, 0.15) is 0 Å². The van der Waals surface area contributed by atoms with E-state index in [0.717, 1.165) is 22.8 Å². The number of hydrogen-bond acceptors (Lipinski definition) is 2. The number of aryl methyl sites for hydroxylation is 2. The highest BCUT2D eigenvalue weighted by molar-refractivity contribution is 6.04. The molecule has 1 amide bonds. The van der Waals surface area contributed by atoms with E-state index in [1.54, 1.807) is 0 Å². The molecule has 1 heterocycles. The summed E-state index contributed by atoms with van der Waals surface area (Å²) < 4.78 is 1.87. The molecule has 4 heteroatoms. The van der Waals surface area contributed by atoms with Crippen LogP contribution in [0.3, 0.4) is 0 Å². The fourth-order valence-electron chi connectivity index (χ4n) is 2.37. The number of carbonyl (C=O) groups excluding carboxylic acids is 1. The number of benzene rings is 2. The van der Waals surface area contributed by atoms with Crippen molar-refractivity contribution in [1.82, 2.24) is 9.78 Å². The number of amides is 1. The predicted octanol–water partition coefficient (Wildman–Crippen LogP) is 3.74. The van der Waals surface area contributed by atoms with Crippen molar-refractivity contribution in [2.75, 3.05) is 5.32 Å². The maximum atomic E-state index is 12.2. The first-order chi connectivity index (χ1) is 10.6. The summed E-state index contributed by atoms with van der Waals surface area (Å²) in [6.07, 6.45) is 0. The number of rotatable bonds is 3. The van der Waals surface area contributed by atoms with Gasteiger partial charge in [0.2, 0.25) is 0 Å². The number of carbonyl (C=O) groups is 1. The van der Waals surface area contributed by atoms with Crippen molar-refractivity contribution in [3.05, 3.63) is 77.6 Å². The SMILES string of the molecule is Cc1cc(C)n(-c2ccc(C(=O)Nc3ccccc3)cc2)n1. The summed E-state index contributed by atoms with van der Waals surface area (Å²) >= 11 is 0. The molecule has 3 rings (SSSR count). The van der Waals surface area contributed by atoms with Crippen LogP contribution in [0.25, 0.3) is 5.69 Å². The lowest BCUT2D eigenvalue weighted by Gasteiger charge is -2.07. The zero-order chi connectivity index (χ0) is 15.5. The number of nitrogens with zero attached hydrogens (tertiary/aromatic N) is 2.